The molecular weight excluding hydrogens is 276 g/mol. The lowest BCUT2D eigenvalue weighted by Crippen LogP contribution is -2.23. The molecule has 2 rings (SSSR count). The number of aromatic nitrogens is 2. The number of hydrogen-bond donors (Lipinski definition) is 2. The van der Waals surface area contributed by atoms with Crippen molar-refractivity contribution >= 4 is 15.7 Å². The van der Waals surface area contributed by atoms with Crippen LogP contribution in [0, 0.1) is 0 Å². The minimum Gasteiger partial charge on any atom is -0.379 e. The fraction of sp³-hybridized carbons (Fsp3) is 0.308. The summed E-state index contributed by atoms with van der Waals surface area (Å²) in [6.45, 7) is 2.76. The molecule has 0 aliphatic rings. The minimum atomic E-state index is -3.38. The monoisotopic (exact) mass is 294 g/mol. The van der Waals surface area contributed by atoms with Crippen molar-refractivity contribution in [3.8, 4) is 0 Å². The van der Waals surface area contributed by atoms with Crippen LogP contribution in [0.1, 0.15) is 12.6 Å². The van der Waals surface area contributed by atoms with Crippen molar-refractivity contribution in [2.45, 2.75) is 18.4 Å². The fourth-order valence-corrected chi connectivity index (χ4v) is 2.81. The second-order valence-corrected chi connectivity index (χ2v) is 6.14. The van der Waals surface area contributed by atoms with Crippen molar-refractivity contribution in [1.29, 1.82) is 0 Å². The van der Waals surface area contributed by atoms with Gasteiger partial charge in [0.15, 0.2) is 0 Å². The summed E-state index contributed by atoms with van der Waals surface area (Å²) in [5.74, 6) is 0. The van der Waals surface area contributed by atoms with Crippen LogP contribution in [0.15, 0.2) is 41.7 Å². The maximum Gasteiger partial charge on any atom is 0.240 e. The molecule has 0 bridgehead atoms. The highest BCUT2D eigenvalue weighted by molar-refractivity contribution is 7.89. The van der Waals surface area contributed by atoms with Crippen LogP contribution in [0.25, 0.3) is 0 Å². The van der Waals surface area contributed by atoms with Gasteiger partial charge in [0.2, 0.25) is 10.0 Å². The molecule has 1 aromatic heterocycles. The predicted molar refractivity (Wildman–Crippen MR) is 77.8 cm³/mol. The largest absolute Gasteiger partial charge is 0.379 e. The predicted octanol–water partition coefficient (Wildman–Crippen LogP) is 1.33. The highest BCUT2D eigenvalue weighted by atomic mass is 32.2. The van der Waals surface area contributed by atoms with Crippen LogP contribution in [0.5, 0.6) is 0 Å². The van der Waals surface area contributed by atoms with Crippen molar-refractivity contribution in [3.63, 3.8) is 0 Å². The molecule has 1 heterocycles. The number of imidazole rings is 1. The molecule has 0 saturated carbocycles. The van der Waals surface area contributed by atoms with Gasteiger partial charge < -0.3 is 9.88 Å². The molecule has 0 radical (unpaired) electrons. The maximum absolute atomic E-state index is 11.8. The van der Waals surface area contributed by atoms with Gasteiger partial charge in [-0.25, -0.2) is 18.1 Å². The zero-order chi connectivity index (χ0) is 14.6. The van der Waals surface area contributed by atoms with Crippen molar-refractivity contribution < 1.29 is 8.42 Å². The first-order valence-electron chi connectivity index (χ1n) is 6.31. The van der Waals surface area contributed by atoms with Crippen LogP contribution in [-0.2, 0) is 23.6 Å². The summed E-state index contributed by atoms with van der Waals surface area (Å²) in [7, 11) is -1.46. The van der Waals surface area contributed by atoms with Crippen molar-refractivity contribution in [2.24, 2.45) is 7.05 Å². The molecule has 1 aromatic carbocycles. The summed E-state index contributed by atoms with van der Waals surface area (Å²) in [5, 5.41) is 3.22. The second kappa shape index (κ2) is 6.06. The Labute approximate surface area is 118 Å². The molecule has 0 spiro atoms. The Morgan fingerprint density at radius 3 is 2.50 bits per heavy atom. The van der Waals surface area contributed by atoms with E-state index < -0.39 is 10.0 Å². The number of benzene rings is 1. The molecule has 0 fully saturated rings. The first-order chi connectivity index (χ1) is 9.53. The molecule has 7 heteroatoms. The Kier molecular flexibility index (Phi) is 4.41. The summed E-state index contributed by atoms with van der Waals surface area (Å²) >= 11 is 0. The smallest absolute Gasteiger partial charge is 0.240 e. The molecule has 108 valence electrons. The van der Waals surface area contributed by atoms with E-state index in [0.717, 1.165) is 11.4 Å². The lowest BCUT2D eigenvalue weighted by Gasteiger charge is -2.08. The van der Waals surface area contributed by atoms with Gasteiger partial charge in [0.05, 0.1) is 23.5 Å². The molecule has 0 amide bonds. The number of rotatable bonds is 6. The van der Waals surface area contributed by atoms with E-state index in [1.165, 1.54) is 0 Å². The highest BCUT2D eigenvalue weighted by Crippen LogP contribution is 2.14. The lowest BCUT2D eigenvalue weighted by molar-refractivity contribution is 0.584. The third-order valence-electron chi connectivity index (χ3n) is 2.89. The van der Waals surface area contributed by atoms with Gasteiger partial charge in [0.25, 0.3) is 0 Å². The lowest BCUT2D eigenvalue weighted by atomic mass is 10.3. The van der Waals surface area contributed by atoms with Crippen molar-refractivity contribution in [2.75, 3.05) is 11.9 Å². The minimum absolute atomic E-state index is 0.269. The third-order valence-corrected chi connectivity index (χ3v) is 4.45. The number of hydrogen-bond acceptors (Lipinski definition) is 4. The molecule has 0 atom stereocenters. The van der Waals surface area contributed by atoms with E-state index in [2.05, 4.69) is 15.0 Å². The summed E-state index contributed by atoms with van der Waals surface area (Å²) in [5.41, 5.74) is 1.91. The van der Waals surface area contributed by atoms with Gasteiger partial charge in [-0.3, -0.25) is 0 Å². The third kappa shape index (κ3) is 3.37. The van der Waals surface area contributed by atoms with Crippen LogP contribution >= 0.6 is 0 Å². The van der Waals surface area contributed by atoms with Gasteiger partial charge >= 0.3 is 0 Å². The van der Waals surface area contributed by atoms with Gasteiger partial charge in [-0.2, -0.15) is 0 Å². The average molecular weight is 294 g/mol. The van der Waals surface area contributed by atoms with Gasteiger partial charge in [0, 0.05) is 25.5 Å². The van der Waals surface area contributed by atoms with E-state index in [0.29, 0.717) is 13.1 Å². The summed E-state index contributed by atoms with van der Waals surface area (Å²) < 4.78 is 28.0. The Balaban J connectivity index is 2.04. The van der Waals surface area contributed by atoms with Crippen LogP contribution in [0.3, 0.4) is 0 Å². The first-order valence-corrected chi connectivity index (χ1v) is 7.80. The molecule has 0 saturated heterocycles. The van der Waals surface area contributed by atoms with Gasteiger partial charge in [-0.1, -0.05) is 6.92 Å². The van der Waals surface area contributed by atoms with Crippen LogP contribution in [-0.4, -0.2) is 24.5 Å². The molecule has 0 unspecified atom stereocenters. The van der Waals surface area contributed by atoms with E-state index in [1.807, 2.05) is 11.6 Å². The zero-order valence-corrected chi connectivity index (χ0v) is 12.3. The summed E-state index contributed by atoms with van der Waals surface area (Å²) in [4.78, 5) is 4.31. The Bertz CT molecular complexity index is 662. The molecule has 2 N–H and O–H groups in total. The van der Waals surface area contributed by atoms with Crippen molar-refractivity contribution in [3.05, 3.63) is 42.5 Å². The average Bonchev–Trinajstić information content (AvgIpc) is 2.82. The number of anilines is 1. The van der Waals surface area contributed by atoms with E-state index in [4.69, 9.17) is 0 Å². The Hall–Kier alpha value is -1.86. The number of aryl methyl sites for hydroxylation is 1. The highest BCUT2D eigenvalue weighted by Gasteiger charge is 2.11. The fourth-order valence-electron chi connectivity index (χ4n) is 1.77. The quantitative estimate of drug-likeness (QED) is 0.843. The van der Waals surface area contributed by atoms with Gasteiger partial charge in [-0.15, -0.1) is 0 Å². The van der Waals surface area contributed by atoms with Crippen molar-refractivity contribution in [1.82, 2.24) is 14.3 Å². The van der Waals surface area contributed by atoms with Crippen LogP contribution in [0.4, 0.5) is 5.69 Å². The Morgan fingerprint density at radius 2 is 1.95 bits per heavy atom. The van der Waals surface area contributed by atoms with E-state index in [9.17, 15) is 8.42 Å². The standard InChI is InChI=1S/C13H18N4O2S/c1-3-16-20(18,19)13-6-4-11(5-7-13)15-9-12-8-14-10-17(12)2/h4-8,10,15-16H,3,9H2,1-2H3. The topological polar surface area (TPSA) is 76.0 Å². The first kappa shape index (κ1) is 14.5. The SMILES string of the molecule is CCNS(=O)(=O)c1ccc(NCc2cncn2C)cc1. The normalized spacial score (nSPS) is 11.5. The number of nitrogens with zero attached hydrogens (tertiary/aromatic N) is 2. The number of sulfonamides is 1. The Morgan fingerprint density at radius 1 is 1.25 bits per heavy atom. The molecule has 2 aromatic rings. The van der Waals surface area contributed by atoms with Gasteiger partial charge in [0.1, 0.15) is 0 Å². The molecule has 20 heavy (non-hydrogen) atoms. The molecule has 0 aliphatic carbocycles. The molecular formula is C13H18N4O2S. The summed E-state index contributed by atoms with van der Waals surface area (Å²) in [6.07, 6.45) is 3.53. The van der Waals surface area contributed by atoms with Crippen LogP contribution in [0.2, 0.25) is 0 Å². The van der Waals surface area contributed by atoms with Gasteiger partial charge in [-0.05, 0) is 24.3 Å². The van der Waals surface area contributed by atoms with E-state index in [1.54, 1.807) is 43.7 Å². The van der Waals surface area contributed by atoms with E-state index >= 15 is 0 Å². The molecule has 6 nitrogen and oxygen atoms in total. The van der Waals surface area contributed by atoms with E-state index in [-0.39, 0.29) is 4.90 Å². The second-order valence-electron chi connectivity index (χ2n) is 4.38. The van der Waals surface area contributed by atoms with Crippen LogP contribution < -0.4 is 10.0 Å². The number of nitrogens with one attached hydrogen (secondary N) is 2. The maximum atomic E-state index is 11.8. The molecule has 0 aliphatic heterocycles. The zero-order valence-electron chi connectivity index (χ0n) is 11.5. The summed E-state index contributed by atoms with van der Waals surface area (Å²) in [6, 6.07) is 6.67.